The summed E-state index contributed by atoms with van der Waals surface area (Å²) >= 11 is 5.99. The Balaban J connectivity index is 1.72. The normalized spacial score (nSPS) is 24.8. The second-order valence-corrected chi connectivity index (χ2v) is 5.94. The molecule has 1 N–H and O–H groups in total. The van der Waals surface area contributed by atoms with Crippen LogP contribution in [0.25, 0.3) is 0 Å². The Morgan fingerprint density at radius 1 is 1.38 bits per heavy atom. The number of hydrogen-bond acceptors (Lipinski definition) is 4. The van der Waals surface area contributed by atoms with Crippen molar-refractivity contribution in [2.45, 2.75) is 31.3 Å². The van der Waals surface area contributed by atoms with Gasteiger partial charge in [-0.2, -0.15) is 0 Å². The summed E-state index contributed by atoms with van der Waals surface area (Å²) in [6.45, 7) is 2.12. The van der Waals surface area contributed by atoms with Crippen LogP contribution in [-0.2, 0) is 0 Å². The second-order valence-electron chi connectivity index (χ2n) is 5.54. The molecule has 2 aliphatic heterocycles. The van der Waals surface area contributed by atoms with E-state index in [0.717, 1.165) is 25.9 Å². The quantitative estimate of drug-likeness (QED) is 0.686. The zero-order valence-electron chi connectivity index (χ0n) is 11.4. The number of fused-ring (bicyclic) bond motifs is 1. The minimum Gasteiger partial charge on any atom is -0.348 e. The van der Waals surface area contributed by atoms with Gasteiger partial charge in [0.15, 0.2) is 0 Å². The standard InChI is InChI=1S/C14H16ClN3O3/c15-11-8-9(18(20)21)3-4-10(11)14(19)16-12-5-7-17-6-1-2-13(12)17/h3-4,8,12-13H,1-2,5-7H2,(H,16,19). The topological polar surface area (TPSA) is 75.5 Å². The fourth-order valence-electron chi connectivity index (χ4n) is 3.30. The molecule has 3 rings (SSSR count). The Morgan fingerprint density at radius 2 is 2.19 bits per heavy atom. The van der Waals surface area contributed by atoms with Gasteiger partial charge in [-0.3, -0.25) is 19.8 Å². The van der Waals surface area contributed by atoms with Crippen molar-refractivity contribution in [1.29, 1.82) is 0 Å². The van der Waals surface area contributed by atoms with E-state index >= 15 is 0 Å². The molecule has 2 atom stereocenters. The molecular formula is C14H16ClN3O3. The van der Waals surface area contributed by atoms with E-state index in [1.807, 2.05) is 0 Å². The van der Waals surface area contributed by atoms with Gasteiger partial charge in [-0.15, -0.1) is 0 Å². The molecule has 2 heterocycles. The molecule has 2 aliphatic rings. The smallest absolute Gasteiger partial charge is 0.270 e. The lowest BCUT2D eigenvalue weighted by molar-refractivity contribution is -0.384. The molecular weight excluding hydrogens is 294 g/mol. The number of rotatable bonds is 3. The molecule has 2 unspecified atom stereocenters. The van der Waals surface area contributed by atoms with Crippen molar-refractivity contribution >= 4 is 23.2 Å². The summed E-state index contributed by atoms with van der Waals surface area (Å²) in [4.78, 5) is 24.9. The first kappa shape index (κ1) is 14.3. The van der Waals surface area contributed by atoms with Crippen LogP contribution < -0.4 is 5.32 Å². The Bertz CT molecular complexity index is 593. The van der Waals surface area contributed by atoms with Gasteiger partial charge >= 0.3 is 0 Å². The molecule has 0 bridgehead atoms. The van der Waals surface area contributed by atoms with Crippen LogP contribution in [-0.4, -0.2) is 40.9 Å². The number of carbonyl (C=O) groups is 1. The highest BCUT2D eigenvalue weighted by atomic mass is 35.5. The van der Waals surface area contributed by atoms with Crippen LogP contribution >= 0.6 is 11.6 Å². The Hall–Kier alpha value is -1.66. The van der Waals surface area contributed by atoms with Crippen molar-refractivity contribution in [2.24, 2.45) is 0 Å². The molecule has 6 nitrogen and oxygen atoms in total. The number of halogens is 1. The minimum absolute atomic E-state index is 0.112. The first-order chi connectivity index (χ1) is 10.1. The number of nitrogens with zero attached hydrogens (tertiary/aromatic N) is 2. The number of carbonyl (C=O) groups excluding carboxylic acids is 1. The van der Waals surface area contributed by atoms with E-state index in [0.29, 0.717) is 11.6 Å². The summed E-state index contributed by atoms with van der Waals surface area (Å²) in [6, 6.07) is 4.50. The van der Waals surface area contributed by atoms with Gasteiger partial charge in [-0.25, -0.2) is 0 Å². The van der Waals surface area contributed by atoms with Crippen molar-refractivity contribution in [3.05, 3.63) is 38.9 Å². The largest absolute Gasteiger partial charge is 0.348 e. The molecule has 0 saturated carbocycles. The number of amides is 1. The summed E-state index contributed by atoms with van der Waals surface area (Å²) in [5.41, 5.74) is 0.179. The van der Waals surface area contributed by atoms with Gasteiger partial charge in [0.1, 0.15) is 0 Å². The van der Waals surface area contributed by atoms with Gasteiger partial charge in [-0.1, -0.05) is 11.6 Å². The summed E-state index contributed by atoms with van der Waals surface area (Å²) in [5.74, 6) is -0.256. The number of non-ortho nitro benzene ring substituents is 1. The van der Waals surface area contributed by atoms with E-state index in [1.165, 1.54) is 24.6 Å². The lowest BCUT2D eigenvalue weighted by atomic mass is 10.1. The highest BCUT2D eigenvalue weighted by Crippen LogP contribution is 2.29. The number of nitro benzene ring substituents is 1. The van der Waals surface area contributed by atoms with Gasteiger partial charge in [0, 0.05) is 30.8 Å². The first-order valence-electron chi connectivity index (χ1n) is 7.05. The number of nitro groups is 1. The van der Waals surface area contributed by atoms with Gasteiger partial charge in [0.05, 0.1) is 15.5 Å². The molecule has 0 radical (unpaired) electrons. The molecule has 0 aromatic heterocycles. The number of hydrogen-bond donors (Lipinski definition) is 1. The third-order valence-corrected chi connectivity index (χ3v) is 4.64. The molecule has 1 amide bonds. The summed E-state index contributed by atoms with van der Waals surface area (Å²) in [5, 5.41) is 13.8. The van der Waals surface area contributed by atoms with E-state index in [2.05, 4.69) is 10.2 Å². The van der Waals surface area contributed by atoms with E-state index in [-0.39, 0.29) is 22.7 Å². The van der Waals surface area contributed by atoms with Crippen LogP contribution in [0, 0.1) is 10.1 Å². The van der Waals surface area contributed by atoms with Crippen LogP contribution in [0.3, 0.4) is 0 Å². The highest BCUT2D eigenvalue weighted by molar-refractivity contribution is 6.34. The molecule has 1 aromatic rings. The van der Waals surface area contributed by atoms with Crippen molar-refractivity contribution in [1.82, 2.24) is 10.2 Å². The van der Waals surface area contributed by atoms with Crippen LogP contribution in [0.1, 0.15) is 29.6 Å². The molecule has 21 heavy (non-hydrogen) atoms. The summed E-state index contributed by atoms with van der Waals surface area (Å²) in [7, 11) is 0. The molecule has 1 aromatic carbocycles. The average molecular weight is 310 g/mol. The maximum Gasteiger partial charge on any atom is 0.270 e. The van der Waals surface area contributed by atoms with E-state index < -0.39 is 4.92 Å². The van der Waals surface area contributed by atoms with Crippen LogP contribution in [0.5, 0.6) is 0 Å². The minimum atomic E-state index is -0.527. The molecule has 2 saturated heterocycles. The average Bonchev–Trinajstić information content (AvgIpc) is 3.03. The van der Waals surface area contributed by atoms with Crippen molar-refractivity contribution in [2.75, 3.05) is 13.1 Å². The van der Waals surface area contributed by atoms with Crippen LogP contribution in [0.2, 0.25) is 5.02 Å². The zero-order chi connectivity index (χ0) is 15.0. The predicted octanol–water partition coefficient (Wildman–Crippen LogP) is 2.21. The Kier molecular flexibility index (Phi) is 3.82. The number of benzene rings is 1. The molecule has 0 aliphatic carbocycles. The van der Waals surface area contributed by atoms with Gasteiger partial charge in [0.25, 0.3) is 11.6 Å². The fraction of sp³-hybridized carbons (Fsp3) is 0.500. The molecule has 2 fully saturated rings. The van der Waals surface area contributed by atoms with Gasteiger partial charge in [0.2, 0.25) is 0 Å². The van der Waals surface area contributed by atoms with Crippen molar-refractivity contribution in [3.63, 3.8) is 0 Å². The van der Waals surface area contributed by atoms with Crippen molar-refractivity contribution in [3.8, 4) is 0 Å². The lowest BCUT2D eigenvalue weighted by Gasteiger charge is -2.21. The summed E-state index contributed by atoms with van der Waals surface area (Å²) < 4.78 is 0. The maximum absolute atomic E-state index is 12.3. The monoisotopic (exact) mass is 309 g/mol. The van der Waals surface area contributed by atoms with E-state index in [1.54, 1.807) is 0 Å². The lowest BCUT2D eigenvalue weighted by Crippen LogP contribution is -2.42. The third-order valence-electron chi connectivity index (χ3n) is 4.33. The van der Waals surface area contributed by atoms with Crippen molar-refractivity contribution < 1.29 is 9.72 Å². The van der Waals surface area contributed by atoms with Crippen LogP contribution in [0.15, 0.2) is 18.2 Å². The molecule has 0 spiro atoms. The fourth-order valence-corrected chi connectivity index (χ4v) is 3.56. The maximum atomic E-state index is 12.3. The zero-order valence-corrected chi connectivity index (χ0v) is 12.2. The molecule has 112 valence electrons. The van der Waals surface area contributed by atoms with Gasteiger partial charge in [-0.05, 0) is 31.9 Å². The van der Waals surface area contributed by atoms with Crippen LogP contribution in [0.4, 0.5) is 5.69 Å². The molecule has 7 heteroatoms. The summed E-state index contributed by atoms with van der Waals surface area (Å²) in [6.07, 6.45) is 3.23. The highest BCUT2D eigenvalue weighted by Gasteiger charge is 2.38. The predicted molar refractivity (Wildman–Crippen MR) is 78.6 cm³/mol. The first-order valence-corrected chi connectivity index (χ1v) is 7.43. The van der Waals surface area contributed by atoms with E-state index in [9.17, 15) is 14.9 Å². The third kappa shape index (κ3) is 2.73. The number of nitrogens with one attached hydrogen (secondary N) is 1. The van der Waals surface area contributed by atoms with Gasteiger partial charge < -0.3 is 5.32 Å². The van der Waals surface area contributed by atoms with E-state index in [4.69, 9.17) is 11.6 Å². The Morgan fingerprint density at radius 3 is 2.90 bits per heavy atom. The Labute approximate surface area is 127 Å². The SMILES string of the molecule is O=C(NC1CCN2CCCC12)c1ccc([N+](=O)[O-])cc1Cl. The second kappa shape index (κ2) is 5.61.